The molecule has 0 saturated heterocycles. The molecule has 0 amide bonds. The van der Waals surface area contributed by atoms with Crippen LogP contribution in [-0.4, -0.2) is 29.1 Å². The summed E-state index contributed by atoms with van der Waals surface area (Å²) in [5.74, 6) is -1.60. The number of benzene rings is 1. The Balaban J connectivity index is 2.55. The first-order valence-corrected chi connectivity index (χ1v) is 5.22. The molecule has 0 spiro atoms. The largest absolute Gasteiger partial charge is 0.478 e. The third-order valence-corrected chi connectivity index (χ3v) is 2.75. The van der Waals surface area contributed by atoms with Gasteiger partial charge in [0, 0.05) is 22.7 Å². The lowest BCUT2D eigenvalue weighted by Gasteiger charge is -2.08. The number of hydrogen-bond donors (Lipinski definition) is 3. The molecule has 1 aromatic carbocycles. The normalized spacial score (nSPS) is 12.3. The number of fused-ring (bicyclic) bond motifs is 1. The number of esters is 1. The molecular weight excluding hydrogens is 236 g/mol. The second-order valence-electron chi connectivity index (χ2n) is 3.81. The van der Waals surface area contributed by atoms with Crippen molar-refractivity contribution < 1.29 is 19.4 Å². The number of rotatable bonds is 3. The van der Waals surface area contributed by atoms with Crippen LogP contribution in [0.5, 0.6) is 0 Å². The highest BCUT2D eigenvalue weighted by atomic mass is 16.5. The molecule has 1 atom stereocenters. The van der Waals surface area contributed by atoms with E-state index in [1.54, 1.807) is 12.3 Å². The summed E-state index contributed by atoms with van der Waals surface area (Å²) in [5.41, 5.74) is 7.11. The van der Waals surface area contributed by atoms with E-state index in [1.165, 1.54) is 19.2 Å². The van der Waals surface area contributed by atoms with Gasteiger partial charge in [-0.3, -0.25) is 4.79 Å². The smallest absolute Gasteiger partial charge is 0.335 e. The number of methoxy groups -OCH3 is 1. The number of hydrogen-bond acceptors (Lipinski definition) is 4. The Morgan fingerprint density at radius 1 is 1.44 bits per heavy atom. The van der Waals surface area contributed by atoms with Crippen molar-refractivity contribution in [2.45, 2.75) is 6.04 Å². The minimum atomic E-state index is -1.03. The lowest BCUT2D eigenvalue weighted by molar-refractivity contribution is -0.142. The van der Waals surface area contributed by atoms with Gasteiger partial charge in [-0.25, -0.2) is 4.79 Å². The van der Waals surface area contributed by atoms with Gasteiger partial charge in [0.15, 0.2) is 0 Å². The zero-order valence-electron chi connectivity index (χ0n) is 9.64. The Morgan fingerprint density at radius 3 is 2.78 bits per heavy atom. The second kappa shape index (κ2) is 4.50. The zero-order chi connectivity index (χ0) is 13.3. The monoisotopic (exact) mass is 248 g/mol. The molecule has 94 valence electrons. The molecule has 1 unspecified atom stereocenters. The van der Waals surface area contributed by atoms with Crippen LogP contribution in [0.3, 0.4) is 0 Å². The first kappa shape index (κ1) is 12.1. The highest BCUT2D eigenvalue weighted by Crippen LogP contribution is 2.24. The van der Waals surface area contributed by atoms with Crippen LogP contribution in [0.1, 0.15) is 22.0 Å². The summed E-state index contributed by atoms with van der Waals surface area (Å²) in [6.07, 6.45) is 1.58. The van der Waals surface area contributed by atoms with Gasteiger partial charge in [0.25, 0.3) is 0 Å². The summed E-state index contributed by atoms with van der Waals surface area (Å²) >= 11 is 0. The van der Waals surface area contributed by atoms with Gasteiger partial charge in [-0.2, -0.15) is 0 Å². The van der Waals surface area contributed by atoms with Gasteiger partial charge in [0.1, 0.15) is 6.04 Å². The maximum Gasteiger partial charge on any atom is 0.335 e. The summed E-state index contributed by atoms with van der Waals surface area (Å²) in [7, 11) is 1.25. The Morgan fingerprint density at radius 2 is 2.17 bits per heavy atom. The SMILES string of the molecule is COC(=O)C(N)c1c[nH]c2ccc(C(=O)O)cc12. The van der Waals surface area contributed by atoms with Crippen LogP contribution in [0.15, 0.2) is 24.4 Å². The van der Waals surface area contributed by atoms with E-state index in [1.807, 2.05) is 0 Å². The van der Waals surface area contributed by atoms with Gasteiger partial charge in [-0.1, -0.05) is 0 Å². The second-order valence-corrected chi connectivity index (χ2v) is 3.81. The van der Waals surface area contributed by atoms with Crippen molar-refractivity contribution in [3.8, 4) is 0 Å². The lowest BCUT2D eigenvalue weighted by atomic mass is 10.0. The number of carboxylic acid groups (broad SMARTS) is 1. The van der Waals surface area contributed by atoms with Gasteiger partial charge in [0.2, 0.25) is 0 Å². The fourth-order valence-corrected chi connectivity index (χ4v) is 1.79. The maximum atomic E-state index is 11.4. The number of ether oxygens (including phenoxy) is 1. The maximum absolute atomic E-state index is 11.4. The molecular formula is C12H12N2O4. The van der Waals surface area contributed by atoms with Gasteiger partial charge >= 0.3 is 11.9 Å². The Labute approximate surface area is 102 Å². The molecule has 2 aromatic rings. The van der Waals surface area contributed by atoms with Crippen LogP contribution in [0.4, 0.5) is 0 Å². The number of carbonyl (C=O) groups is 2. The van der Waals surface area contributed by atoms with Crippen LogP contribution in [0.2, 0.25) is 0 Å². The highest BCUT2D eigenvalue weighted by Gasteiger charge is 2.20. The van der Waals surface area contributed by atoms with Crippen molar-refractivity contribution in [3.63, 3.8) is 0 Å². The van der Waals surface area contributed by atoms with E-state index in [9.17, 15) is 9.59 Å². The number of aromatic carboxylic acids is 1. The van der Waals surface area contributed by atoms with E-state index >= 15 is 0 Å². The van der Waals surface area contributed by atoms with Gasteiger partial charge in [-0.05, 0) is 18.2 Å². The van der Waals surface area contributed by atoms with E-state index in [4.69, 9.17) is 10.8 Å². The number of nitrogens with one attached hydrogen (secondary N) is 1. The molecule has 0 bridgehead atoms. The molecule has 0 fully saturated rings. The number of carboxylic acids is 1. The van der Waals surface area contributed by atoms with Crippen LogP contribution in [0.25, 0.3) is 10.9 Å². The fourth-order valence-electron chi connectivity index (χ4n) is 1.79. The topological polar surface area (TPSA) is 105 Å². The molecule has 6 heteroatoms. The molecule has 0 radical (unpaired) electrons. The molecule has 0 aliphatic carbocycles. The molecule has 0 aliphatic rings. The number of carbonyl (C=O) groups excluding carboxylic acids is 1. The van der Waals surface area contributed by atoms with E-state index in [-0.39, 0.29) is 5.56 Å². The summed E-state index contributed by atoms with van der Waals surface area (Å²) in [6.45, 7) is 0. The quantitative estimate of drug-likeness (QED) is 0.704. The van der Waals surface area contributed by atoms with Gasteiger partial charge < -0.3 is 20.6 Å². The molecule has 2 rings (SSSR count). The molecule has 18 heavy (non-hydrogen) atoms. The minimum absolute atomic E-state index is 0.139. The molecule has 1 aromatic heterocycles. The molecule has 4 N–H and O–H groups in total. The van der Waals surface area contributed by atoms with E-state index in [2.05, 4.69) is 9.72 Å². The predicted molar refractivity (Wildman–Crippen MR) is 64.2 cm³/mol. The van der Waals surface area contributed by atoms with Crippen molar-refractivity contribution in [3.05, 3.63) is 35.5 Å². The Bertz CT molecular complexity index is 618. The van der Waals surface area contributed by atoms with E-state index in [0.717, 1.165) is 0 Å². The van der Waals surface area contributed by atoms with E-state index in [0.29, 0.717) is 16.5 Å². The van der Waals surface area contributed by atoms with Crippen molar-refractivity contribution in [2.24, 2.45) is 5.73 Å². The number of aromatic amines is 1. The average molecular weight is 248 g/mol. The highest BCUT2D eigenvalue weighted by molar-refractivity contribution is 5.96. The predicted octanol–water partition coefficient (Wildman–Crippen LogP) is 1.04. The number of nitrogens with two attached hydrogens (primary N) is 1. The van der Waals surface area contributed by atoms with E-state index < -0.39 is 18.0 Å². The van der Waals surface area contributed by atoms with Crippen molar-refractivity contribution >= 4 is 22.8 Å². The fraction of sp³-hybridized carbons (Fsp3) is 0.167. The lowest BCUT2D eigenvalue weighted by Crippen LogP contribution is -2.22. The summed E-state index contributed by atoms with van der Waals surface area (Å²) < 4.78 is 4.57. The van der Waals surface area contributed by atoms with Gasteiger partial charge in [-0.15, -0.1) is 0 Å². The summed E-state index contributed by atoms with van der Waals surface area (Å²) in [4.78, 5) is 25.2. The molecule has 0 saturated carbocycles. The summed E-state index contributed by atoms with van der Waals surface area (Å²) in [6, 6.07) is 3.65. The number of H-pyrrole nitrogens is 1. The van der Waals surface area contributed by atoms with Crippen LogP contribution in [0, 0.1) is 0 Å². The van der Waals surface area contributed by atoms with Crippen molar-refractivity contribution in [2.75, 3.05) is 7.11 Å². The first-order chi connectivity index (χ1) is 8.54. The van der Waals surface area contributed by atoms with Gasteiger partial charge in [0.05, 0.1) is 12.7 Å². The van der Waals surface area contributed by atoms with Crippen LogP contribution < -0.4 is 5.73 Å². The standard InChI is InChI=1S/C12H12N2O4/c1-18-12(17)10(13)8-5-14-9-3-2-6(11(15)16)4-7(8)9/h2-5,10,14H,13H2,1H3,(H,15,16). The molecule has 0 aliphatic heterocycles. The Hall–Kier alpha value is -2.34. The third kappa shape index (κ3) is 1.93. The molecule has 6 nitrogen and oxygen atoms in total. The summed E-state index contributed by atoms with van der Waals surface area (Å²) in [5, 5.41) is 9.54. The van der Waals surface area contributed by atoms with Crippen LogP contribution in [-0.2, 0) is 9.53 Å². The Kier molecular flexibility index (Phi) is 3.03. The zero-order valence-corrected chi connectivity index (χ0v) is 9.64. The first-order valence-electron chi connectivity index (χ1n) is 5.22. The average Bonchev–Trinajstić information content (AvgIpc) is 2.79. The third-order valence-electron chi connectivity index (χ3n) is 2.75. The van der Waals surface area contributed by atoms with Crippen LogP contribution >= 0.6 is 0 Å². The van der Waals surface area contributed by atoms with Crippen molar-refractivity contribution in [1.82, 2.24) is 4.98 Å². The molecule has 1 heterocycles. The minimum Gasteiger partial charge on any atom is -0.478 e. The van der Waals surface area contributed by atoms with Crippen molar-refractivity contribution in [1.29, 1.82) is 0 Å². The number of aromatic nitrogens is 1.